The van der Waals surface area contributed by atoms with Crippen molar-refractivity contribution in [2.75, 3.05) is 25.4 Å². The first-order valence-electron chi connectivity index (χ1n) is 7.46. The predicted molar refractivity (Wildman–Crippen MR) is 81.6 cm³/mol. The summed E-state index contributed by atoms with van der Waals surface area (Å²) in [7, 11) is 0. The van der Waals surface area contributed by atoms with Crippen molar-refractivity contribution in [1.82, 2.24) is 10.2 Å². The van der Waals surface area contributed by atoms with E-state index in [9.17, 15) is 4.79 Å². The number of amidine groups is 1. The number of likely N-dealkylation sites (N-methyl/N-ethyl adjacent to an activating group) is 1. The molecule has 2 rings (SSSR count). The molecule has 2 unspecified atom stereocenters. The number of nitrogens with one attached hydrogen (secondary N) is 1. The SMILES string of the molecule is CCN(CC)C(=O)CN=C1NC2CCCCC2CS1. The number of thioether (sulfide) groups is 1. The van der Waals surface area contributed by atoms with Crippen molar-refractivity contribution in [2.24, 2.45) is 10.9 Å². The summed E-state index contributed by atoms with van der Waals surface area (Å²) in [6.07, 6.45) is 5.30. The summed E-state index contributed by atoms with van der Waals surface area (Å²) in [6.45, 7) is 5.84. The van der Waals surface area contributed by atoms with Crippen molar-refractivity contribution in [3.63, 3.8) is 0 Å². The van der Waals surface area contributed by atoms with Gasteiger partial charge in [0.2, 0.25) is 5.91 Å². The molecule has 1 amide bonds. The normalized spacial score (nSPS) is 28.6. The summed E-state index contributed by atoms with van der Waals surface area (Å²) >= 11 is 1.79. The number of carbonyl (C=O) groups excluding carboxylic acids is 1. The largest absolute Gasteiger partial charge is 0.362 e. The summed E-state index contributed by atoms with van der Waals surface area (Å²) in [6, 6.07) is 0.595. The lowest BCUT2D eigenvalue weighted by Crippen LogP contribution is -2.46. The average Bonchev–Trinajstić information content (AvgIpc) is 2.46. The molecule has 1 heterocycles. The third-order valence-electron chi connectivity index (χ3n) is 4.13. The van der Waals surface area contributed by atoms with Gasteiger partial charge in [0.15, 0.2) is 5.17 Å². The predicted octanol–water partition coefficient (Wildman–Crippen LogP) is 2.11. The van der Waals surface area contributed by atoms with Gasteiger partial charge in [-0.15, -0.1) is 0 Å². The van der Waals surface area contributed by atoms with Crippen molar-refractivity contribution < 1.29 is 4.79 Å². The summed E-state index contributed by atoms with van der Waals surface area (Å²) < 4.78 is 0. The number of hydrogen-bond donors (Lipinski definition) is 1. The van der Waals surface area contributed by atoms with Gasteiger partial charge in [-0.2, -0.15) is 0 Å². The fraction of sp³-hybridized carbons (Fsp3) is 0.857. The molecule has 108 valence electrons. The Morgan fingerprint density at radius 3 is 2.84 bits per heavy atom. The molecule has 1 aliphatic carbocycles. The molecule has 1 N–H and O–H groups in total. The lowest BCUT2D eigenvalue weighted by molar-refractivity contribution is -0.129. The average molecular weight is 283 g/mol. The standard InChI is InChI=1S/C14H25N3OS/c1-3-17(4-2)13(18)9-15-14-16-12-8-6-5-7-11(12)10-19-14/h11-12H,3-10H2,1-2H3,(H,15,16). The minimum Gasteiger partial charge on any atom is -0.362 e. The highest BCUT2D eigenvalue weighted by Gasteiger charge is 2.30. The molecule has 0 bridgehead atoms. The van der Waals surface area contributed by atoms with Crippen LogP contribution < -0.4 is 5.32 Å². The maximum atomic E-state index is 11.9. The van der Waals surface area contributed by atoms with E-state index in [2.05, 4.69) is 10.3 Å². The van der Waals surface area contributed by atoms with Crippen molar-refractivity contribution in [1.29, 1.82) is 0 Å². The molecule has 0 radical (unpaired) electrons. The van der Waals surface area contributed by atoms with Crippen molar-refractivity contribution >= 4 is 22.8 Å². The zero-order valence-corrected chi connectivity index (χ0v) is 12.8. The maximum absolute atomic E-state index is 11.9. The van der Waals surface area contributed by atoms with Crippen LogP contribution in [0.4, 0.5) is 0 Å². The summed E-state index contributed by atoms with van der Waals surface area (Å²) in [5.41, 5.74) is 0. The van der Waals surface area contributed by atoms with Gasteiger partial charge in [0, 0.05) is 24.9 Å². The Morgan fingerprint density at radius 2 is 2.11 bits per heavy atom. The molecule has 0 aromatic carbocycles. The molecule has 0 aromatic rings. The van der Waals surface area contributed by atoms with Crippen molar-refractivity contribution in [3.8, 4) is 0 Å². The van der Waals surface area contributed by atoms with Gasteiger partial charge in [-0.3, -0.25) is 9.79 Å². The second-order valence-electron chi connectivity index (χ2n) is 5.29. The zero-order chi connectivity index (χ0) is 13.7. The molecular formula is C14H25N3OS. The molecule has 1 aliphatic heterocycles. The van der Waals surface area contributed by atoms with E-state index in [-0.39, 0.29) is 12.5 Å². The van der Waals surface area contributed by atoms with Crippen LogP contribution in [0.25, 0.3) is 0 Å². The van der Waals surface area contributed by atoms with Crippen LogP contribution in [0.2, 0.25) is 0 Å². The van der Waals surface area contributed by atoms with Crippen LogP contribution >= 0.6 is 11.8 Å². The monoisotopic (exact) mass is 283 g/mol. The van der Waals surface area contributed by atoms with E-state index >= 15 is 0 Å². The highest BCUT2D eigenvalue weighted by molar-refractivity contribution is 8.13. The molecule has 19 heavy (non-hydrogen) atoms. The van der Waals surface area contributed by atoms with Crippen molar-refractivity contribution in [2.45, 2.75) is 45.6 Å². The lowest BCUT2D eigenvalue weighted by Gasteiger charge is -2.36. The smallest absolute Gasteiger partial charge is 0.244 e. The Balaban J connectivity index is 1.85. The second kappa shape index (κ2) is 7.17. The minimum atomic E-state index is 0.130. The van der Waals surface area contributed by atoms with E-state index in [4.69, 9.17) is 0 Å². The number of hydrogen-bond acceptors (Lipinski definition) is 3. The third kappa shape index (κ3) is 3.88. The molecule has 0 spiro atoms. The van der Waals surface area contributed by atoms with Crippen LogP contribution in [-0.2, 0) is 4.79 Å². The van der Waals surface area contributed by atoms with Crippen LogP contribution in [0.1, 0.15) is 39.5 Å². The molecule has 4 nitrogen and oxygen atoms in total. The Labute approximate surface area is 120 Å². The Kier molecular flexibility index (Phi) is 5.55. The number of amides is 1. The number of nitrogens with zero attached hydrogens (tertiary/aromatic N) is 2. The maximum Gasteiger partial charge on any atom is 0.244 e. The van der Waals surface area contributed by atoms with E-state index in [0.29, 0.717) is 6.04 Å². The van der Waals surface area contributed by atoms with Crippen LogP contribution in [0, 0.1) is 5.92 Å². The molecule has 1 saturated carbocycles. The Morgan fingerprint density at radius 1 is 1.37 bits per heavy atom. The zero-order valence-electron chi connectivity index (χ0n) is 12.0. The number of carbonyl (C=O) groups is 1. The quantitative estimate of drug-likeness (QED) is 0.859. The Hall–Kier alpha value is -0.710. The molecule has 0 aromatic heterocycles. The van der Waals surface area contributed by atoms with Crippen LogP contribution in [0.15, 0.2) is 4.99 Å². The summed E-state index contributed by atoms with van der Waals surface area (Å²) in [4.78, 5) is 18.2. The van der Waals surface area contributed by atoms with Gasteiger partial charge in [0.05, 0.1) is 0 Å². The highest BCUT2D eigenvalue weighted by atomic mass is 32.2. The van der Waals surface area contributed by atoms with Gasteiger partial charge in [-0.25, -0.2) is 0 Å². The van der Waals surface area contributed by atoms with E-state index in [1.807, 2.05) is 18.7 Å². The number of aliphatic imine (C=N–C) groups is 1. The van der Waals surface area contributed by atoms with Crippen LogP contribution in [0.3, 0.4) is 0 Å². The molecule has 2 atom stereocenters. The third-order valence-corrected chi connectivity index (χ3v) is 5.24. The first-order chi connectivity index (χ1) is 9.24. The van der Waals surface area contributed by atoms with Gasteiger partial charge in [-0.1, -0.05) is 24.6 Å². The van der Waals surface area contributed by atoms with E-state index in [1.165, 1.54) is 25.7 Å². The van der Waals surface area contributed by atoms with E-state index in [0.717, 1.165) is 29.9 Å². The van der Waals surface area contributed by atoms with Gasteiger partial charge < -0.3 is 10.2 Å². The summed E-state index contributed by atoms with van der Waals surface area (Å²) in [5, 5.41) is 4.50. The fourth-order valence-electron chi connectivity index (χ4n) is 2.89. The van der Waals surface area contributed by atoms with E-state index in [1.54, 1.807) is 11.8 Å². The topological polar surface area (TPSA) is 44.7 Å². The summed E-state index contributed by atoms with van der Waals surface area (Å²) in [5.74, 6) is 2.09. The van der Waals surface area contributed by atoms with Crippen LogP contribution in [-0.4, -0.2) is 47.4 Å². The fourth-order valence-corrected chi connectivity index (χ4v) is 4.05. The van der Waals surface area contributed by atoms with Gasteiger partial charge in [0.25, 0.3) is 0 Å². The number of rotatable bonds is 4. The first-order valence-corrected chi connectivity index (χ1v) is 8.44. The lowest BCUT2D eigenvalue weighted by atomic mass is 9.86. The van der Waals surface area contributed by atoms with Gasteiger partial charge >= 0.3 is 0 Å². The first kappa shape index (κ1) is 14.7. The molecular weight excluding hydrogens is 258 g/mol. The molecule has 5 heteroatoms. The van der Waals surface area contributed by atoms with Crippen LogP contribution in [0.5, 0.6) is 0 Å². The Bertz CT molecular complexity index is 342. The molecule has 2 aliphatic rings. The minimum absolute atomic E-state index is 0.130. The van der Waals surface area contributed by atoms with Gasteiger partial charge in [-0.05, 0) is 32.6 Å². The highest BCUT2D eigenvalue weighted by Crippen LogP contribution is 2.31. The molecule has 2 fully saturated rings. The van der Waals surface area contributed by atoms with E-state index < -0.39 is 0 Å². The van der Waals surface area contributed by atoms with Gasteiger partial charge in [0.1, 0.15) is 6.54 Å². The molecule has 1 saturated heterocycles. The van der Waals surface area contributed by atoms with Crippen molar-refractivity contribution in [3.05, 3.63) is 0 Å². The number of fused-ring (bicyclic) bond motifs is 1. The second-order valence-corrected chi connectivity index (χ2v) is 6.30.